The van der Waals surface area contributed by atoms with E-state index in [0.717, 1.165) is 11.4 Å². The molecule has 0 heterocycles. The maximum Gasteiger partial charge on any atom is 0.278 e. The van der Waals surface area contributed by atoms with Crippen LogP contribution in [-0.4, -0.2) is 28.1 Å². The summed E-state index contributed by atoms with van der Waals surface area (Å²) < 4.78 is 11.8. The Bertz CT molecular complexity index is 647. The minimum absolute atomic E-state index is 0.00418. The molecule has 0 unspecified atom stereocenters. The second-order valence-electron chi connectivity index (χ2n) is 10.9. The molecule has 6 heteroatoms. The largest absolute Gasteiger partial charge is 0.455 e. The molecule has 0 saturated carbocycles. The number of oxime groups is 2. The summed E-state index contributed by atoms with van der Waals surface area (Å²) in [5.74, 6) is 0. The monoisotopic (exact) mass is 394 g/mol. The van der Waals surface area contributed by atoms with Crippen LogP contribution in [0, 0.1) is 10.8 Å². The zero-order valence-electron chi connectivity index (χ0n) is 18.9. The predicted molar refractivity (Wildman–Crippen MR) is 119 cm³/mol. The van der Waals surface area contributed by atoms with Crippen molar-refractivity contribution in [1.29, 1.82) is 0 Å². The van der Waals surface area contributed by atoms with Gasteiger partial charge in [-0.1, -0.05) is 57.9 Å². The predicted octanol–water partition coefficient (Wildman–Crippen LogP) is 6.36. The van der Waals surface area contributed by atoms with Crippen molar-refractivity contribution in [1.82, 2.24) is 0 Å². The topological polar surface area (TPSA) is 43.2 Å². The van der Waals surface area contributed by atoms with E-state index in [4.69, 9.17) is 9.05 Å². The summed E-state index contributed by atoms with van der Waals surface area (Å²) in [5.41, 5.74) is 3.94. The van der Waals surface area contributed by atoms with Gasteiger partial charge in [0.05, 0.1) is 0 Å². The van der Waals surface area contributed by atoms with E-state index in [1.54, 1.807) is 0 Å². The molecule has 0 N–H and O–H groups in total. The lowest BCUT2D eigenvalue weighted by Gasteiger charge is -2.35. The molecule has 1 aliphatic rings. The van der Waals surface area contributed by atoms with Crippen LogP contribution in [0.5, 0.6) is 0 Å². The summed E-state index contributed by atoms with van der Waals surface area (Å²) in [7, 11) is -3.58. The van der Waals surface area contributed by atoms with Gasteiger partial charge < -0.3 is 9.05 Å². The summed E-state index contributed by atoms with van der Waals surface area (Å²) >= 11 is 0. The van der Waals surface area contributed by atoms with Gasteiger partial charge in [-0.05, 0) is 67.3 Å². The van der Waals surface area contributed by atoms with E-state index in [1.807, 2.05) is 6.08 Å². The zero-order valence-corrected chi connectivity index (χ0v) is 20.9. The maximum absolute atomic E-state index is 5.95. The Balaban J connectivity index is 3.62. The first-order valence-corrected chi connectivity index (χ1v) is 16.2. The molecule has 0 bridgehead atoms. The Labute approximate surface area is 162 Å². The second-order valence-corrected chi connectivity index (χ2v) is 19.8. The lowest BCUT2D eigenvalue weighted by atomic mass is 9.70. The van der Waals surface area contributed by atoms with E-state index in [-0.39, 0.29) is 10.8 Å². The van der Waals surface area contributed by atoms with Crippen molar-refractivity contribution < 1.29 is 9.05 Å². The Morgan fingerprint density at radius 2 is 1.15 bits per heavy atom. The van der Waals surface area contributed by atoms with Crippen molar-refractivity contribution >= 4 is 28.1 Å². The molecule has 0 aromatic carbocycles. The first-order valence-electron chi connectivity index (χ1n) is 9.38. The van der Waals surface area contributed by atoms with E-state index in [2.05, 4.69) is 97.2 Å². The van der Waals surface area contributed by atoms with E-state index >= 15 is 0 Å². The molecule has 0 amide bonds. The van der Waals surface area contributed by atoms with Crippen molar-refractivity contribution in [2.45, 2.75) is 80.8 Å². The van der Waals surface area contributed by atoms with Crippen molar-refractivity contribution in [2.75, 3.05) is 0 Å². The molecule has 0 fully saturated rings. The number of allylic oxidation sites excluding steroid dienone is 4. The fourth-order valence-corrected chi connectivity index (χ4v) is 3.24. The summed E-state index contributed by atoms with van der Waals surface area (Å²) in [6.07, 6.45) is 4.18. The van der Waals surface area contributed by atoms with Crippen LogP contribution in [0.25, 0.3) is 0 Å². The molecule has 0 radical (unpaired) electrons. The molecule has 1 rings (SSSR count). The van der Waals surface area contributed by atoms with Gasteiger partial charge >= 0.3 is 0 Å². The summed E-state index contributed by atoms with van der Waals surface area (Å²) in [6, 6.07) is 0. The van der Waals surface area contributed by atoms with Crippen LogP contribution < -0.4 is 0 Å². The fourth-order valence-electron chi connectivity index (χ4n) is 2.50. The van der Waals surface area contributed by atoms with E-state index in [0.29, 0.717) is 0 Å². The van der Waals surface area contributed by atoms with E-state index < -0.39 is 16.6 Å². The van der Waals surface area contributed by atoms with Gasteiger partial charge in [0.25, 0.3) is 16.6 Å². The fraction of sp³-hybridized carbons (Fsp3) is 0.700. The highest BCUT2D eigenvalue weighted by Crippen LogP contribution is 2.40. The van der Waals surface area contributed by atoms with Gasteiger partial charge in [-0.15, -0.1) is 0 Å². The summed E-state index contributed by atoms with van der Waals surface area (Å²) in [4.78, 5) is 0. The first kappa shape index (κ1) is 22.9. The molecular weight excluding hydrogens is 356 g/mol. The maximum atomic E-state index is 5.95. The van der Waals surface area contributed by atoms with E-state index in [9.17, 15) is 0 Å². The van der Waals surface area contributed by atoms with E-state index in [1.165, 1.54) is 11.1 Å². The molecule has 0 atom stereocenters. The minimum Gasteiger partial charge on any atom is -0.455 e. The van der Waals surface area contributed by atoms with Gasteiger partial charge in [0.1, 0.15) is 11.4 Å². The normalized spacial score (nSPS) is 20.2. The molecule has 0 aromatic heterocycles. The molecule has 0 spiro atoms. The SMILES string of the molecule is CC(C)(C)C1=C(C(C)(C)C)C(=NO[Si](C)(C)C)C(=NO[Si](C)(C)C)C=C1. The molecule has 1 aliphatic carbocycles. The van der Waals surface area contributed by atoms with Gasteiger partial charge in [0.15, 0.2) is 0 Å². The van der Waals surface area contributed by atoms with Gasteiger partial charge in [0, 0.05) is 0 Å². The van der Waals surface area contributed by atoms with Gasteiger partial charge in [-0.3, -0.25) is 0 Å². The van der Waals surface area contributed by atoms with Gasteiger partial charge in [-0.25, -0.2) is 0 Å². The zero-order chi connectivity index (χ0) is 20.6. The van der Waals surface area contributed by atoms with Crippen molar-refractivity contribution in [3.05, 3.63) is 23.3 Å². The molecule has 26 heavy (non-hydrogen) atoms. The second kappa shape index (κ2) is 7.46. The highest BCUT2D eigenvalue weighted by molar-refractivity contribution is 6.70. The number of hydrogen-bond donors (Lipinski definition) is 0. The lowest BCUT2D eigenvalue weighted by molar-refractivity contribution is 0.329. The Morgan fingerprint density at radius 1 is 0.692 bits per heavy atom. The first-order chi connectivity index (χ1) is 11.4. The molecular formula is C20H38N2O2Si2. The minimum atomic E-state index is -1.81. The average Bonchev–Trinajstić information content (AvgIpc) is 2.38. The highest BCUT2D eigenvalue weighted by atomic mass is 28.4. The van der Waals surface area contributed by atoms with Crippen LogP contribution in [0.15, 0.2) is 33.6 Å². The third kappa shape index (κ3) is 6.87. The third-order valence-corrected chi connectivity index (χ3v) is 4.82. The van der Waals surface area contributed by atoms with Crippen molar-refractivity contribution in [2.24, 2.45) is 21.1 Å². The molecule has 0 aliphatic heterocycles. The van der Waals surface area contributed by atoms with Gasteiger partial charge in [0.2, 0.25) is 0 Å². The Hall–Kier alpha value is -1.15. The Kier molecular flexibility index (Phi) is 6.57. The summed E-state index contributed by atoms with van der Waals surface area (Å²) in [5, 5.41) is 9.10. The quantitative estimate of drug-likeness (QED) is 0.316. The Morgan fingerprint density at radius 3 is 1.54 bits per heavy atom. The number of rotatable bonds is 4. The van der Waals surface area contributed by atoms with Crippen LogP contribution in [0.4, 0.5) is 0 Å². The molecule has 148 valence electrons. The number of hydrogen-bond acceptors (Lipinski definition) is 4. The van der Waals surface area contributed by atoms with Gasteiger partial charge in [-0.2, -0.15) is 0 Å². The third-order valence-electron chi connectivity index (χ3n) is 3.54. The lowest BCUT2D eigenvalue weighted by Crippen LogP contribution is -2.34. The molecule has 4 nitrogen and oxygen atoms in total. The molecule has 0 saturated heterocycles. The number of nitrogens with zero attached hydrogens (tertiary/aromatic N) is 2. The molecule has 0 aromatic rings. The summed E-state index contributed by atoms with van der Waals surface area (Å²) in [6.45, 7) is 26.1. The van der Waals surface area contributed by atoms with Crippen molar-refractivity contribution in [3.8, 4) is 0 Å². The van der Waals surface area contributed by atoms with Crippen LogP contribution in [0.2, 0.25) is 39.3 Å². The van der Waals surface area contributed by atoms with Crippen LogP contribution in [-0.2, 0) is 9.05 Å². The standard InChI is InChI=1S/C20H38N2O2Si2/c1-19(2,3)15-13-14-16(21-23-25(7,8)9)18(17(15)20(4,5)6)22-24-26(10,11)12/h13-14H,1-12H3. The highest BCUT2D eigenvalue weighted by Gasteiger charge is 2.35. The van der Waals surface area contributed by atoms with Crippen LogP contribution >= 0.6 is 0 Å². The van der Waals surface area contributed by atoms with Crippen LogP contribution in [0.1, 0.15) is 41.5 Å². The van der Waals surface area contributed by atoms with Crippen molar-refractivity contribution in [3.63, 3.8) is 0 Å². The average molecular weight is 395 g/mol. The van der Waals surface area contributed by atoms with Crippen LogP contribution in [0.3, 0.4) is 0 Å². The smallest absolute Gasteiger partial charge is 0.278 e.